The average molecular weight is 451 g/mol. The third-order valence-electron chi connectivity index (χ3n) is 7.43. The third-order valence-corrected chi connectivity index (χ3v) is 7.43. The predicted molar refractivity (Wildman–Crippen MR) is 150 cm³/mol. The van der Waals surface area contributed by atoms with E-state index < -0.39 is 0 Å². The summed E-state index contributed by atoms with van der Waals surface area (Å²) in [5, 5.41) is 0. The molecule has 2 aliphatic carbocycles. The van der Waals surface area contributed by atoms with Crippen LogP contribution in [0, 0.1) is 6.92 Å². The number of hydrogen-bond donors (Lipinski definition) is 0. The van der Waals surface area contributed by atoms with Gasteiger partial charge in [0.05, 0.1) is 0 Å². The first-order valence-corrected chi connectivity index (χ1v) is 14.8. The zero-order chi connectivity index (χ0) is 23.4. The summed E-state index contributed by atoms with van der Waals surface area (Å²) in [7, 11) is 0. The predicted octanol–water partition coefficient (Wildman–Crippen LogP) is 11.5. The fourth-order valence-corrected chi connectivity index (χ4v) is 5.26. The zero-order valence-corrected chi connectivity index (χ0v) is 22.3. The highest BCUT2D eigenvalue weighted by Gasteiger charge is 2.07. The van der Waals surface area contributed by atoms with Crippen LogP contribution in [0.3, 0.4) is 0 Å². The molecule has 0 aromatic heterocycles. The van der Waals surface area contributed by atoms with Crippen molar-refractivity contribution in [2.45, 2.75) is 149 Å². The van der Waals surface area contributed by atoms with Crippen LogP contribution in [0.2, 0.25) is 0 Å². The van der Waals surface area contributed by atoms with Gasteiger partial charge in [0.1, 0.15) is 0 Å². The second-order valence-electron chi connectivity index (χ2n) is 10.6. The molecule has 2 aliphatic rings. The van der Waals surface area contributed by atoms with Crippen LogP contribution in [-0.4, -0.2) is 0 Å². The largest absolute Gasteiger partial charge is 0.0654 e. The molecule has 0 nitrogen and oxygen atoms in total. The number of hydrogen-bond acceptors (Lipinski definition) is 0. The van der Waals surface area contributed by atoms with E-state index in [1.54, 1.807) is 5.56 Å². The summed E-state index contributed by atoms with van der Waals surface area (Å²) in [4.78, 5) is 0. The fourth-order valence-electron chi connectivity index (χ4n) is 5.26. The average Bonchev–Trinajstić information content (AvgIpc) is 3.08. The lowest BCUT2D eigenvalue weighted by molar-refractivity contribution is 0.522. The van der Waals surface area contributed by atoms with E-state index in [1.807, 2.05) is 0 Å². The number of unbranched alkanes of at least 4 members (excludes halogenated alkanes) is 19. The van der Waals surface area contributed by atoms with Crippen molar-refractivity contribution in [2.24, 2.45) is 0 Å². The Bertz CT molecular complexity index is 670. The third kappa shape index (κ3) is 13.2. The van der Waals surface area contributed by atoms with Crippen molar-refractivity contribution in [1.29, 1.82) is 0 Å². The summed E-state index contributed by atoms with van der Waals surface area (Å²) in [5.74, 6) is 0. The molecular weight excluding hydrogens is 396 g/mol. The van der Waals surface area contributed by atoms with Crippen LogP contribution in [0.4, 0.5) is 0 Å². The summed E-state index contributed by atoms with van der Waals surface area (Å²) in [5.41, 5.74) is 5.76. The molecule has 0 atom stereocenters. The summed E-state index contributed by atoms with van der Waals surface area (Å²) in [6, 6.07) is 13.7. The molecule has 33 heavy (non-hydrogen) atoms. The Morgan fingerprint density at radius 2 is 0.939 bits per heavy atom. The van der Waals surface area contributed by atoms with Crippen LogP contribution >= 0.6 is 0 Å². The number of fused-ring (bicyclic) bond motifs is 1. The molecule has 0 radical (unpaired) electrons. The molecule has 2 rings (SSSR count). The molecule has 0 heterocycles. The van der Waals surface area contributed by atoms with Gasteiger partial charge in [-0.3, -0.25) is 0 Å². The van der Waals surface area contributed by atoms with Gasteiger partial charge in [-0.1, -0.05) is 171 Å². The van der Waals surface area contributed by atoms with Gasteiger partial charge in [0.2, 0.25) is 0 Å². The van der Waals surface area contributed by atoms with Gasteiger partial charge in [0.15, 0.2) is 0 Å². The normalized spacial score (nSPS) is 11.5. The minimum Gasteiger partial charge on any atom is -0.0654 e. The molecule has 0 bridgehead atoms. The van der Waals surface area contributed by atoms with Gasteiger partial charge in [-0.15, -0.1) is 0 Å². The van der Waals surface area contributed by atoms with Crippen LogP contribution in [0.5, 0.6) is 0 Å². The van der Waals surface area contributed by atoms with Gasteiger partial charge in [0, 0.05) is 0 Å². The molecule has 0 aliphatic heterocycles. The molecular formula is C33H54. The highest BCUT2D eigenvalue weighted by atomic mass is 14.1. The summed E-state index contributed by atoms with van der Waals surface area (Å²) >= 11 is 0. The Balaban J connectivity index is 1.31. The first kappa shape index (κ1) is 27.9. The van der Waals surface area contributed by atoms with Crippen LogP contribution < -0.4 is 0 Å². The van der Waals surface area contributed by atoms with E-state index >= 15 is 0 Å². The Hall–Kier alpha value is -1.30. The molecule has 0 N–H and O–H groups in total. The molecule has 0 fully saturated rings. The van der Waals surface area contributed by atoms with Crippen LogP contribution in [0.15, 0.2) is 36.4 Å². The first-order valence-electron chi connectivity index (χ1n) is 14.8. The number of aryl methyl sites for hydroxylation is 2. The monoisotopic (exact) mass is 450 g/mol. The second kappa shape index (κ2) is 19.1. The van der Waals surface area contributed by atoms with Crippen molar-refractivity contribution in [2.75, 3.05) is 0 Å². The van der Waals surface area contributed by atoms with E-state index in [2.05, 4.69) is 50.2 Å². The van der Waals surface area contributed by atoms with E-state index in [9.17, 15) is 0 Å². The topological polar surface area (TPSA) is 0 Å². The quantitative estimate of drug-likeness (QED) is 0.166. The summed E-state index contributed by atoms with van der Waals surface area (Å²) in [6.45, 7) is 4.49. The lowest BCUT2D eigenvalue weighted by atomic mass is 10.0. The van der Waals surface area contributed by atoms with Crippen molar-refractivity contribution in [3.63, 3.8) is 0 Å². The van der Waals surface area contributed by atoms with E-state index in [1.165, 1.54) is 152 Å². The van der Waals surface area contributed by atoms with Crippen molar-refractivity contribution in [3.8, 4) is 11.1 Å². The van der Waals surface area contributed by atoms with E-state index in [0.717, 1.165) is 0 Å². The maximum absolute atomic E-state index is 2.35. The van der Waals surface area contributed by atoms with Gasteiger partial charge < -0.3 is 0 Å². The summed E-state index contributed by atoms with van der Waals surface area (Å²) in [6.07, 6.45) is 30.2. The van der Waals surface area contributed by atoms with Gasteiger partial charge in [0.25, 0.3) is 0 Å². The molecule has 0 heteroatoms. The lowest BCUT2D eigenvalue weighted by Crippen LogP contribution is -1.86. The minimum atomic E-state index is 1.24. The van der Waals surface area contributed by atoms with Crippen LogP contribution in [0.1, 0.15) is 146 Å². The van der Waals surface area contributed by atoms with Gasteiger partial charge in [-0.25, -0.2) is 0 Å². The van der Waals surface area contributed by atoms with Gasteiger partial charge >= 0.3 is 0 Å². The van der Waals surface area contributed by atoms with Crippen molar-refractivity contribution < 1.29 is 0 Å². The van der Waals surface area contributed by atoms with Crippen LogP contribution in [0.25, 0.3) is 11.1 Å². The van der Waals surface area contributed by atoms with Crippen molar-refractivity contribution in [1.82, 2.24) is 0 Å². The first-order chi connectivity index (χ1) is 16.3. The highest BCUT2D eigenvalue weighted by Crippen LogP contribution is 2.29. The molecule has 0 saturated carbocycles. The SMILES string of the molecule is CCCCCCCCCCCCCCCCCCCCCCc1ccc2cc(C)cccc1-2. The standard InChI is InChI=1S/C33H54/c1-3-4-5-6-7-8-9-10-11-12-13-14-15-16-17-18-19-20-21-22-25-31-27-28-32-29-30(2)24-23-26-33(31)32/h23-24,26-29H,3-22,25H2,1-2H3. The van der Waals surface area contributed by atoms with E-state index in [-0.39, 0.29) is 0 Å². The summed E-state index contributed by atoms with van der Waals surface area (Å²) < 4.78 is 0. The molecule has 0 unspecified atom stereocenters. The molecule has 0 aromatic rings. The van der Waals surface area contributed by atoms with Crippen molar-refractivity contribution >= 4 is 0 Å². The van der Waals surface area contributed by atoms with Crippen molar-refractivity contribution in [3.05, 3.63) is 47.5 Å². The molecule has 0 spiro atoms. The molecule has 0 saturated heterocycles. The minimum absolute atomic E-state index is 1.24. The van der Waals surface area contributed by atoms with Crippen LogP contribution in [-0.2, 0) is 6.42 Å². The number of rotatable bonds is 21. The Labute approximate surface area is 207 Å². The smallest absolute Gasteiger partial charge is 0.0152 e. The Morgan fingerprint density at radius 1 is 0.485 bits per heavy atom. The zero-order valence-electron chi connectivity index (χ0n) is 22.3. The lowest BCUT2D eigenvalue weighted by Gasteiger charge is -2.05. The maximum atomic E-state index is 2.35. The Kier molecular flexibility index (Phi) is 16.1. The fraction of sp³-hybridized carbons (Fsp3) is 0.697. The maximum Gasteiger partial charge on any atom is -0.0152 e. The van der Waals surface area contributed by atoms with E-state index in [4.69, 9.17) is 0 Å². The van der Waals surface area contributed by atoms with Gasteiger partial charge in [-0.05, 0) is 36.5 Å². The molecule has 186 valence electrons. The highest BCUT2D eigenvalue weighted by molar-refractivity contribution is 5.70. The molecule has 0 aromatic carbocycles. The molecule has 0 amide bonds. The second-order valence-corrected chi connectivity index (χ2v) is 10.6. The Morgan fingerprint density at radius 3 is 1.42 bits per heavy atom. The van der Waals surface area contributed by atoms with Gasteiger partial charge in [-0.2, -0.15) is 0 Å². The van der Waals surface area contributed by atoms with E-state index in [0.29, 0.717) is 0 Å².